The number of allylic oxidation sites excluding steroid dienone is 1. The van der Waals surface area contributed by atoms with Crippen LogP contribution in [-0.4, -0.2) is 16.2 Å². The van der Waals surface area contributed by atoms with E-state index in [1.165, 1.54) is 44.8 Å². The first-order chi connectivity index (χ1) is 29.3. The molecule has 0 atom stereocenters. The fraction of sp³-hybridized carbons (Fsp3) is 0.356. The zero-order chi connectivity index (χ0) is 45.4. The van der Waals surface area contributed by atoms with Crippen molar-refractivity contribution in [1.82, 2.24) is 9.55 Å². The van der Waals surface area contributed by atoms with E-state index < -0.39 is 0 Å². The smallest absolute Gasteiger partial charge is 0.135 e. The van der Waals surface area contributed by atoms with Crippen LogP contribution in [-0.2, 0) is 42.7 Å². The van der Waals surface area contributed by atoms with E-state index in [2.05, 4.69) is 234 Å². The Labute approximate surface area is 405 Å². The average molecular weight is 1050 g/mol. The molecule has 8 rings (SSSR count). The van der Waals surface area contributed by atoms with Gasteiger partial charge in [0.05, 0.1) is 6.67 Å². The van der Waals surface area contributed by atoms with Gasteiger partial charge in [-0.2, -0.15) is 6.07 Å². The number of anilines is 2. The molecular formula is C59H69N4OPt-3. The standard InChI is InChI=1S/C58H66N4O.CH3.Pt/c1-54(2,3)40-25-26-59-53(33-40)62-50-24-21-39(38-19-17-16-18-20-38)27-49(50)48-23-22-46(35-51(48)62)63-47-32-43(57(10,11)12)29-44(34-47)60-36-52(58(13,14)15)61(37-60)45-30-41(55(4,5)6)28-42(31-45)56(7,8)9;;/h16-33,36H,37H2,1-15H3;1H3;/q-2;-1;. The molecular weight excluding hydrogens is 976 g/mol. The summed E-state index contributed by atoms with van der Waals surface area (Å²) >= 11 is 0. The van der Waals surface area contributed by atoms with Gasteiger partial charge in [-0.25, -0.2) is 4.98 Å². The van der Waals surface area contributed by atoms with Crippen molar-refractivity contribution >= 4 is 33.2 Å². The van der Waals surface area contributed by atoms with E-state index in [0.29, 0.717) is 18.2 Å². The van der Waals surface area contributed by atoms with Crippen molar-refractivity contribution in [3.63, 3.8) is 0 Å². The molecule has 344 valence electrons. The van der Waals surface area contributed by atoms with Crippen LogP contribution < -0.4 is 14.5 Å². The largest absolute Gasteiger partial charge is 0.509 e. The number of hydrogen-bond acceptors (Lipinski definition) is 4. The molecule has 0 N–H and O–H groups in total. The second-order valence-corrected chi connectivity index (χ2v) is 22.7. The molecule has 3 heterocycles. The summed E-state index contributed by atoms with van der Waals surface area (Å²) < 4.78 is 9.12. The predicted octanol–water partition coefficient (Wildman–Crippen LogP) is 16.0. The predicted molar refractivity (Wildman–Crippen MR) is 273 cm³/mol. The molecule has 1 aliphatic heterocycles. The summed E-state index contributed by atoms with van der Waals surface area (Å²) in [6.45, 7) is 34.9. The van der Waals surface area contributed by atoms with E-state index in [-0.39, 0.29) is 55.6 Å². The Morgan fingerprint density at radius 1 is 0.538 bits per heavy atom. The first-order valence-corrected chi connectivity index (χ1v) is 22.6. The summed E-state index contributed by atoms with van der Waals surface area (Å²) in [5.74, 6) is 2.14. The first-order valence-electron chi connectivity index (χ1n) is 22.6. The van der Waals surface area contributed by atoms with Crippen LogP contribution in [0.3, 0.4) is 0 Å². The molecule has 5 aromatic carbocycles. The molecule has 0 aliphatic carbocycles. The summed E-state index contributed by atoms with van der Waals surface area (Å²) in [7, 11) is 0. The van der Waals surface area contributed by atoms with Gasteiger partial charge in [0.15, 0.2) is 0 Å². The minimum absolute atomic E-state index is 0. The van der Waals surface area contributed by atoms with Gasteiger partial charge >= 0.3 is 0 Å². The summed E-state index contributed by atoms with van der Waals surface area (Å²) in [6, 6.07) is 44.9. The number of fused-ring (bicyclic) bond motifs is 3. The third kappa shape index (κ3) is 10.2. The molecule has 0 saturated carbocycles. The van der Waals surface area contributed by atoms with Crippen molar-refractivity contribution in [2.75, 3.05) is 16.5 Å². The molecule has 2 aromatic heterocycles. The zero-order valence-electron chi connectivity index (χ0n) is 41.7. The van der Waals surface area contributed by atoms with Crippen molar-refractivity contribution in [1.29, 1.82) is 0 Å². The van der Waals surface area contributed by atoms with Gasteiger partial charge in [-0.1, -0.05) is 164 Å². The monoisotopic (exact) mass is 1040 g/mol. The molecule has 0 bridgehead atoms. The summed E-state index contributed by atoms with van der Waals surface area (Å²) in [5, 5.41) is 2.23. The summed E-state index contributed by atoms with van der Waals surface area (Å²) in [5.41, 5.74) is 12.6. The van der Waals surface area contributed by atoms with Crippen molar-refractivity contribution in [3.8, 4) is 28.4 Å². The average Bonchev–Trinajstić information content (AvgIpc) is 3.80. The minimum atomic E-state index is -0.138. The van der Waals surface area contributed by atoms with Crippen molar-refractivity contribution in [2.45, 2.75) is 126 Å². The van der Waals surface area contributed by atoms with E-state index in [9.17, 15) is 0 Å². The van der Waals surface area contributed by atoms with Crippen LogP contribution in [0, 0.1) is 25.0 Å². The van der Waals surface area contributed by atoms with Gasteiger partial charge < -0.3 is 26.5 Å². The quantitative estimate of drug-likeness (QED) is 0.155. The van der Waals surface area contributed by atoms with Gasteiger partial charge in [0.2, 0.25) is 0 Å². The number of hydrogen-bond donors (Lipinski definition) is 0. The Bertz CT molecular complexity index is 2840. The molecule has 0 amide bonds. The van der Waals surface area contributed by atoms with Gasteiger partial charge in [-0.3, -0.25) is 0 Å². The van der Waals surface area contributed by atoms with Crippen LogP contribution in [0.1, 0.15) is 126 Å². The van der Waals surface area contributed by atoms with Gasteiger partial charge in [-0.15, -0.1) is 41.3 Å². The normalized spacial score (nSPS) is 13.8. The van der Waals surface area contributed by atoms with Gasteiger partial charge in [0, 0.05) is 67.3 Å². The number of ether oxygens (including phenoxy) is 1. The molecule has 5 nitrogen and oxygen atoms in total. The third-order valence-corrected chi connectivity index (χ3v) is 12.4. The molecule has 1 aliphatic rings. The SMILES string of the molecule is CC(C)(C)C1=CN(c2[c-]c(Oc3[c-]c4c(cc3)c3cc(-c5ccccc5)ccc3n4-c3cc(C(C)(C)C)ccn3)cc(C(C)(C)C)c2)CN1c1cc(C(C)(C)C)cc(C(C)(C)C)c1.[CH3-].[Pt]. The van der Waals surface area contributed by atoms with Crippen LogP contribution >= 0.6 is 0 Å². The molecule has 0 saturated heterocycles. The van der Waals surface area contributed by atoms with Crippen LogP contribution in [0.15, 0.2) is 121 Å². The first kappa shape index (κ1) is 49.3. The van der Waals surface area contributed by atoms with E-state index in [1.807, 2.05) is 12.3 Å². The van der Waals surface area contributed by atoms with E-state index in [0.717, 1.165) is 33.3 Å². The fourth-order valence-electron chi connectivity index (χ4n) is 8.41. The fourth-order valence-corrected chi connectivity index (χ4v) is 8.41. The Hall–Kier alpha value is -5.12. The molecule has 65 heavy (non-hydrogen) atoms. The van der Waals surface area contributed by atoms with Crippen LogP contribution in [0.25, 0.3) is 38.8 Å². The van der Waals surface area contributed by atoms with Crippen LogP contribution in [0.4, 0.5) is 11.4 Å². The van der Waals surface area contributed by atoms with Crippen molar-refractivity contribution in [2.24, 2.45) is 5.41 Å². The maximum absolute atomic E-state index is 6.89. The third-order valence-electron chi connectivity index (χ3n) is 12.4. The van der Waals surface area contributed by atoms with Gasteiger partial charge in [0.25, 0.3) is 0 Å². The molecule has 0 spiro atoms. The number of rotatable bonds is 6. The van der Waals surface area contributed by atoms with Crippen LogP contribution in [0.2, 0.25) is 0 Å². The number of benzene rings is 5. The number of pyridine rings is 1. The molecule has 7 aromatic rings. The maximum Gasteiger partial charge on any atom is 0.135 e. The number of nitrogens with zero attached hydrogens (tertiary/aromatic N) is 4. The number of aromatic nitrogens is 2. The van der Waals surface area contributed by atoms with Crippen molar-refractivity contribution < 1.29 is 25.8 Å². The van der Waals surface area contributed by atoms with Crippen molar-refractivity contribution in [3.05, 3.63) is 163 Å². The van der Waals surface area contributed by atoms with Gasteiger partial charge in [-0.05, 0) is 85.2 Å². The Balaban J connectivity index is 0.00000350. The van der Waals surface area contributed by atoms with Crippen LogP contribution in [0.5, 0.6) is 11.5 Å². The zero-order valence-corrected chi connectivity index (χ0v) is 44.0. The van der Waals surface area contributed by atoms with E-state index in [4.69, 9.17) is 9.72 Å². The summed E-state index contributed by atoms with van der Waals surface area (Å²) in [4.78, 5) is 9.78. The Kier molecular flexibility index (Phi) is 13.3. The Morgan fingerprint density at radius 3 is 1.75 bits per heavy atom. The minimum Gasteiger partial charge on any atom is -0.509 e. The topological polar surface area (TPSA) is 33.5 Å². The molecule has 0 fully saturated rings. The maximum atomic E-state index is 6.89. The summed E-state index contributed by atoms with van der Waals surface area (Å²) in [6.07, 6.45) is 4.24. The second kappa shape index (κ2) is 17.6. The molecule has 6 heteroatoms. The van der Waals surface area contributed by atoms with E-state index >= 15 is 0 Å². The van der Waals surface area contributed by atoms with E-state index in [1.54, 1.807) is 0 Å². The van der Waals surface area contributed by atoms with Gasteiger partial charge in [0.1, 0.15) is 5.82 Å². The molecule has 0 radical (unpaired) electrons. The molecule has 0 unspecified atom stereocenters. The Morgan fingerprint density at radius 2 is 1.15 bits per heavy atom. The second-order valence-electron chi connectivity index (χ2n) is 22.7.